The van der Waals surface area contributed by atoms with Crippen molar-refractivity contribution in [1.82, 2.24) is 0 Å². The first-order valence-electron chi connectivity index (χ1n) is 4.80. The summed E-state index contributed by atoms with van der Waals surface area (Å²) in [6.45, 7) is 2.54. The molecule has 3 rings (SSSR count). The second kappa shape index (κ2) is 1.44. The Hall–Kier alpha value is 0. The summed E-state index contributed by atoms with van der Waals surface area (Å²) in [6.07, 6.45) is 7.83. The fourth-order valence-corrected chi connectivity index (χ4v) is 3.84. The van der Waals surface area contributed by atoms with Crippen LogP contribution >= 0.6 is 0 Å². The van der Waals surface area contributed by atoms with Crippen LogP contribution in [0.25, 0.3) is 0 Å². The zero-order valence-corrected chi connectivity index (χ0v) is 6.77. The second-order valence-electron chi connectivity index (χ2n) is 5.02. The third kappa shape index (κ3) is 0.500. The number of rotatable bonds is 0. The minimum atomic E-state index is 0.827. The molecule has 0 heteroatoms. The van der Waals surface area contributed by atoms with Crippen molar-refractivity contribution in [3.8, 4) is 0 Å². The summed E-state index contributed by atoms with van der Waals surface area (Å²) in [4.78, 5) is 0. The average molecular weight is 136 g/mol. The molecule has 0 N–H and O–H groups in total. The lowest BCUT2D eigenvalue weighted by Gasteiger charge is -2.26. The molecule has 3 fully saturated rings. The Bertz CT molecular complexity index is 173. The fourth-order valence-electron chi connectivity index (χ4n) is 3.84. The Morgan fingerprint density at radius 3 is 3.10 bits per heavy atom. The molecule has 0 bridgehead atoms. The van der Waals surface area contributed by atoms with E-state index in [1.54, 1.807) is 25.7 Å². The molecule has 4 atom stereocenters. The van der Waals surface area contributed by atoms with E-state index < -0.39 is 0 Å². The van der Waals surface area contributed by atoms with Crippen molar-refractivity contribution in [2.24, 2.45) is 23.2 Å². The molecule has 3 aliphatic carbocycles. The Balaban J connectivity index is 1.95. The number of hydrogen-bond donors (Lipinski definition) is 0. The summed E-state index contributed by atoms with van der Waals surface area (Å²) in [5.41, 5.74) is 0.827. The summed E-state index contributed by atoms with van der Waals surface area (Å²) in [6, 6.07) is 0. The third-order valence-corrected chi connectivity index (χ3v) is 4.38. The fraction of sp³-hybridized carbons (Fsp3) is 1.00. The van der Waals surface area contributed by atoms with Crippen LogP contribution in [0.3, 0.4) is 0 Å². The molecular weight excluding hydrogens is 120 g/mol. The van der Waals surface area contributed by atoms with Gasteiger partial charge in [-0.15, -0.1) is 0 Å². The SMILES string of the molecule is CC12CCCC1C1C[C@H]1C2. The third-order valence-electron chi connectivity index (χ3n) is 4.38. The Labute approximate surface area is 63.0 Å². The van der Waals surface area contributed by atoms with Gasteiger partial charge in [-0.25, -0.2) is 0 Å². The average Bonchev–Trinajstić information content (AvgIpc) is 2.36. The van der Waals surface area contributed by atoms with Gasteiger partial charge in [0.15, 0.2) is 0 Å². The lowest BCUT2D eigenvalue weighted by atomic mass is 9.79. The topological polar surface area (TPSA) is 0 Å². The second-order valence-corrected chi connectivity index (χ2v) is 5.02. The van der Waals surface area contributed by atoms with Crippen LogP contribution in [-0.2, 0) is 0 Å². The standard InChI is InChI=1S/C10H16/c1-10-4-2-3-9(10)8-5-7(8)6-10/h7-9H,2-6H2,1H3/t7-,8?,9?,10?/m0/s1. The van der Waals surface area contributed by atoms with Gasteiger partial charge >= 0.3 is 0 Å². The van der Waals surface area contributed by atoms with Crippen LogP contribution in [0, 0.1) is 23.2 Å². The van der Waals surface area contributed by atoms with Gasteiger partial charge in [0.1, 0.15) is 0 Å². The molecule has 0 aromatic carbocycles. The van der Waals surface area contributed by atoms with Gasteiger partial charge in [0.2, 0.25) is 0 Å². The van der Waals surface area contributed by atoms with Crippen LogP contribution in [0.2, 0.25) is 0 Å². The van der Waals surface area contributed by atoms with E-state index >= 15 is 0 Å². The van der Waals surface area contributed by atoms with Crippen molar-refractivity contribution in [3.63, 3.8) is 0 Å². The Morgan fingerprint density at radius 2 is 2.30 bits per heavy atom. The minimum Gasteiger partial charge on any atom is -0.0594 e. The maximum absolute atomic E-state index is 2.54. The first-order valence-corrected chi connectivity index (χ1v) is 4.80. The van der Waals surface area contributed by atoms with Crippen LogP contribution < -0.4 is 0 Å². The van der Waals surface area contributed by atoms with E-state index in [1.807, 2.05) is 0 Å². The van der Waals surface area contributed by atoms with Gasteiger partial charge in [0, 0.05) is 0 Å². The van der Waals surface area contributed by atoms with Crippen LogP contribution in [0.5, 0.6) is 0 Å². The van der Waals surface area contributed by atoms with Crippen LogP contribution in [0.4, 0.5) is 0 Å². The molecule has 3 saturated carbocycles. The van der Waals surface area contributed by atoms with Crippen molar-refractivity contribution in [1.29, 1.82) is 0 Å². The summed E-state index contributed by atoms with van der Waals surface area (Å²) < 4.78 is 0. The maximum atomic E-state index is 2.54. The molecule has 0 aromatic heterocycles. The molecule has 10 heavy (non-hydrogen) atoms. The highest BCUT2D eigenvalue weighted by Gasteiger charge is 2.59. The van der Waals surface area contributed by atoms with E-state index in [1.165, 1.54) is 18.3 Å². The number of hydrogen-bond acceptors (Lipinski definition) is 0. The van der Waals surface area contributed by atoms with Gasteiger partial charge in [0.05, 0.1) is 0 Å². The van der Waals surface area contributed by atoms with E-state index in [9.17, 15) is 0 Å². The quantitative estimate of drug-likeness (QED) is 0.480. The summed E-state index contributed by atoms with van der Waals surface area (Å²) in [5, 5.41) is 0. The zero-order chi connectivity index (χ0) is 6.77. The van der Waals surface area contributed by atoms with Crippen molar-refractivity contribution >= 4 is 0 Å². The van der Waals surface area contributed by atoms with Crippen molar-refractivity contribution in [3.05, 3.63) is 0 Å². The molecule has 0 saturated heterocycles. The van der Waals surface area contributed by atoms with Gasteiger partial charge < -0.3 is 0 Å². The molecule has 3 aliphatic rings. The van der Waals surface area contributed by atoms with E-state index in [0.717, 1.165) is 11.3 Å². The molecular formula is C10H16. The van der Waals surface area contributed by atoms with Gasteiger partial charge in [-0.05, 0) is 48.9 Å². The first-order chi connectivity index (χ1) is 4.80. The molecule has 0 amide bonds. The lowest BCUT2D eigenvalue weighted by molar-refractivity contribution is 0.236. The highest BCUT2D eigenvalue weighted by Crippen LogP contribution is 2.68. The zero-order valence-electron chi connectivity index (χ0n) is 6.77. The van der Waals surface area contributed by atoms with Crippen molar-refractivity contribution < 1.29 is 0 Å². The summed E-state index contributed by atoms with van der Waals surface area (Å²) in [7, 11) is 0. The van der Waals surface area contributed by atoms with Crippen LogP contribution in [-0.4, -0.2) is 0 Å². The van der Waals surface area contributed by atoms with E-state index in [-0.39, 0.29) is 0 Å². The van der Waals surface area contributed by atoms with E-state index in [0.29, 0.717) is 0 Å². The molecule has 0 aliphatic heterocycles. The maximum Gasteiger partial charge on any atom is -0.0292 e. The summed E-state index contributed by atoms with van der Waals surface area (Å²) in [5.74, 6) is 3.56. The van der Waals surface area contributed by atoms with Gasteiger partial charge in [-0.1, -0.05) is 13.3 Å². The minimum absolute atomic E-state index is 0.827. The molecule has 0 heterocycles. The molecule has 0 spiro atoms. The predicted molar refractivity (Wildman–Crippen MR) is 41.7 cm³/mol. The van der Waals surface area contributed by atoms with Gasteiger partial charge in [-0.3, -0.25) is 0 Å². The molecule has 0 radical (unpaired) electrons. The van der Waals surface area contributed by atoms with Gasteiger partial charge in [-0.2, -0.15) is 0 Å². The lowest BCUT2D eigenvalue weighted by Crippen LogP contribution is -2.17. The van der Waals surface area contributed by atoms with E-state index in [2.05, 4.69) is 6.92 Å². The van der Waals surface area contributed by atoms with Gasteiger partial charge in [0.25, 0.3) is 0 Å². The van der Waals surface area contributed by atoms with E-state index in [4.69, 9.17) is 0 Å². The normalized spacial score (nSPS) is 63.9. The largest absolute Gasteiger partial charge is 0.0594 e. The molecule has 56 valence electrons. The Morgan fingerprint density at radius 1 is 1.40 bits per heavy atom. The van der Waals surface area contributed by atoms with Crippen molar-refractivity contribution in [2.45, 2.75) is 39.0 Å². The summed E-state index contributed by atoms with van der Waals surface area (Å²) >= 11 is 0. The highest BCUT2D eigenvalue weighted by atomic mass is 14.6. The number of fused-ring (bicyclic) bond motifs is 3. The van der Waals surface area contributed by atoms with Crippen LogP contribution in [0.15, 0.2) is 0 Å². The smallest absolute Gasteiger partial charge is 0.0292 e. The molecule has 0 aromatic rings. The monoisotopic (exact) mass is 136 g/mol. The van der Waals surface area contributed by atoms with Crippen LogP contribution in [0.1, 0.15) is 39.0 Å². The first kappa shape index (κ1) is 5.62. The molecule has 3 unspecified atom stereocenters. The Kier molecular flexibility index (Phi) is 0.810. The molecule has 0 nitrogen and oxygen atoms in total. The van der Waals surface area contributed by atoms with Crippen molar-refractivity contribution in [2.75, 3.05) is 0 Å². The predicted octanol–water partition coefficient (Wildman–Crippen LogP) is 2.83. The highest BCUT2D eigenvalue weighted by molar-refractivity contribution is 5.09.